The van der Waals surface area contributed by atoms with Gasteiger partial charge in [-0.2, -0.15) is 0 Å². The summed E-state index contributed by atoms with van der Waals surface area (Å²) < 4.78 is 0. The zero-order chi connectivity index (χ0) is 47.6. The summed E-state index contributed by atoms with van der Waals surface area (Å²) in [4.78, 5) is 5.01. The van der Waals surface area contributed by atoms with Gasteiger partial charge >= 0.3 is 0 Å². The fourth-order valence-corrected chi connectivity index (χ4v) is 13.3. The van der Waals surface area contributed by atoms with Crippen LogP contribution in [0.15, 0.2) is 243 Å². The van der Waals surface area contributed by atoms with E-state index >= 15 is 0 Å². The first-order chi connectivity index (χ1) is 34.8. The lowest BCUT2D eigenvalue weighted by atomic mass is 9.55. The Morgan fingerprint density at radius 3 is 1.51 bits per heavy atom. The molecule has 0 N–H and O–H groups in total. The Morgan fingerprint density at radius 1 is 0.282 bits per heavy atom. The van der Waals surface area contributed by atoms with Crippen LogP contribution < -0.4 is 9.80 Å². The van der Waals surface area contributed by atoms with Crippen LogP contribution in [0.3, 0.4) is 0 Å². The lowest BCUT2D eigenvalue weighted by Gasteiger charge is -2.47. The number of fused-ring (bicyclic) bond motifs is 15. The van der Waals surface area contributed by atoms with E-state index in [0.29, 0.717) is 0 Å². The highest BCUT2D eigenvalue weighted by atomic mass is 15.2. The molecule has 11 aromatic carbocycles. The van der Waals surface area contributed by atoms with Gasteiger partial charge in [-0.05, 0) is 138 Å². The number of hydrogen-bond donors (Lipinski definition) is 0. The maximum atomic E-state index is 2.62. The van der Waals surface area contributed by atoms with Crippen molar-refractivity contribution in [1.29, 1.82) is 0 Å². The quantitative estimate of drug-likeness (QED) is 0.164. The van der Waals surface area contributed by atoms with E-state index in [9.17, 15) is 0 Å². The van der Waals surface area contributed by atoms with Crippen LogP contribution in [0.4, 0.5) is 34.1 Å². The lowest BCUT2D eigenvalue weighted by Crippen LogP contribution is -2.40. The Balaban J connectivity index is 1.12. The molecule has 1 spiro atoms. The Hall–Kier alpha value is -8.46. The van der Waals surface area contributed by atoms with Crippen molar-refractivity contribution < 1.29 is 0 Å². The fraction of sp³-hybridized carbons (Fsp3) is 0.101. The van der Waals surface area contributed by atoms with Crippen molar-refractivity contribution in [3.05, 3.63) is 287 Å². The van der Waals surface area contributed by atoms with E-state index in [1.165, 1.54) is 94.0 Å². The van der Waals surface area contributed by atoms with E-state index in [4.69, 9.17) is 0 Å². The third-order valence-electron chi connectivity index (χ3n) is 16.4. The topological polar surface area (TPSA) is 6.48 Å². The number of benzene rings is 11. The van der Waals surface area contributed by atoms with Gasteiger partial charge in [0.2, 0.25) is 0 Å². The molecule has 2 heteroatoms. The predicted octanol–water partition coefficient (Wildman–Crippen LogP) is 18.2. The van der Waals surface area contributed by atoms with E-state index < -0.39 is 10.8 Å². The second-order valence-corrected chi connectivity index (χ2v) is 20.8. The van der Waals surface area contributed by atoms with Crippen molar-refractivity contribution >= 4 is 55.7 Å². The fourth-order valence-electron chi connectivity index (χ4n) is 13.3. The average Bonchev–Trinajstić information content (AvgIpc) is 3.87. The molecule has 71 heavy (non-hydrogen) atoms. The maximum Gasteiger partial charge on any atom is 0.0720 e. The monoisotopic (exact) mass is 908 g/mol. The molecule has 0 saturated heterocycles. The Labute approximate surface area is 416 Å². The van der Waals surface area contributed by atoms with Gasteiger partial charge in [-0.15, -0.1) is 0 Å². The summed E-state index contributed by atoms with van der Waals surface area (Å²) in [5, 5.41) is 4.87. The van der Waals surface area contributed by atoms with Crippen molar-refractivity contribution in [1.82, 2.24) is 0 Å². The van der Waals surface area contributed by atoms with Crippen molar-refractivity contribution in [3.63, 3.8) is 0 Å². The lowest BCUT2D eigenvalue weighted by molar-refractivity contribution is 0.563. The van der Waals surface area contributed by atoms with Crippen LogP contribution in [-0.4, -0.2) is 0 Å². The number of nitrogens with zero attached hydrogens (tertiary/aromatic N) is 2. The SMILES string of the molecule is CC1(C)c2ccccc2C2(c3ccccc3-c3c2cc(N(c2ccccc2)c2cccc4ccccc24)c2c3C(C)(C)c3cc(N(c4ccccc4)c4ccc5ccccc5c4)ccc3-2)c2ccccc21. The zero-order valence-corrected chi connectivity index (χ0v) is 40.5. The molecule has 0 bridgehead atoms. The van der Waals surface area contributed by atoms with Gasteiger partial charge in [0.25, 0.3) is 0 Å². The third kappa shape index (κ3) is 5.76. The van der Waals surface area contributed by atoms with Crippen LogP contribution >= 0.6 is 0 Å². The third-order valence-corrected chi connectivity index (χ3v) is 16.4. The summed E-state index contributed by atoms with van der Waals surface area (Å²) in [5.41, 5.74) is 21.7. The summed E-state index contributed by atoms with van der Waals surface area (Å²) in [6.07, 6.45) is 0. The van der Waals surface area contributed by atoms with E-state index in [-0.39, 0.29) is 5.41 Å². The van der Waals surface area contributed by atoms with Crippen LogP contribution in [-0.2, 0) is 16.2 Å². The molecule has 338 valence electrons. The first-order valence-corrected chi connectivity index (χ1v) is 25.1. The number of hydrogen-bond acceptors (Lipinski definition) is 2. The Morgan fingerprint density at radius 2 is 0.803 bits per heavy atom. The van der Waals surface area contributed by atoms with Gasteiger partial charge in [-0.25, -0.2) is 0 Å². The summed E-state index contributed by atoms with van der Waals surface area (Å²) in [6.45, 7) is 9.80. The molecule has 2 nitrogen and oxygen atoms in total. The van der Waals surface area contributed by atoms with Crippen molar-refractivity contribution in [2.24, 2.45) is 0 Å². The number of anilines is 6. The van der Waals surface area contributed by atoms with Gasteiger partial charge in [0.1, 0.15) is 0 Å². The molecule has 3 aliphatic rings. The summed E-state index contributed by atoms with van der Waals surface area (Å²) in [6, 6.07) is 91.0. The highest BCUT2D eigenvalue weighted by molar-refractivity contribution is 6.07. The molecule has 14 rings (SSSR count). The Bertz CT molecular complexity index is 3900. The van der Waals surface area contributed by atoms with Crippen molar-refractivity contribution in [2.45, 2.75) is 43.9 Å². The maximum absolute atomic E-state index is 2.62. The smallest absolute Gasteiger partial charge is 0.0720 e. The van der Waals surface area contributed by atoms with E-state index in [2.05, 4.69) is 280 Å². The second kappa shape index (κ2) is 15.3. The van der Waals surface area contributed by atoms with E-state index in [1.807, 2.05) is 0 Å². The first kappa shape index (κ1) is 41.5. The minimum absolute atomic E-state index is 0.212. The molecule has 0 aromatic heterocycles. The Kier molecular flexibility index (Phi) is 8.93. The van der Waals surface area contributed by atoms with Crippen LogP contribution in [0.5, 0.6) is 0 Å². The summed E-state index contributed by atoms with van der Waals surface area (Å²) in [5.74, 6) is 0. The largest absolute Gasteiger partial charge is 0.310 e. The predicted molar refractivity (Wildman–Crippen MR) is 298 cm³/mol. The molecule has 3 aliphatic carbocycles. The van der Waals surface area contributed by atoms with Crippen LogP contribution in [0.2, 0.25) is 0 Å². The summed E-state index contributed by atoms with van der Waals surface area (Å²) in [7, 11) is 0. The highest BCUT2D eigenvalue weighted by Crippen LogP contribution is 2.68. The zero-order valence-electron chi connectivity index (χ0n) is 40.5. The van der Waals surface area contributed by atoms with Gasteiger partial charge < -0.3 is 9.80 Å². The number of para-hydroxylation sites is 2. The molecule has 0 heterocycles. The van der Waals surface area contributed by atoms with Crippen LogP contribution in [0, 0.1) is 0 Å². The van der Waals surface area contributed by atoms with Gasteiger partial charge in [-0.1, -0.05) is 210 Å². The average molecular weight is 909 g/mol. The van der Waals surface area contributed by atoms with Gasteiger partial charge in [0.05, 0.1) is 16.8 Å². The minimum Gasteiger partial charge on any atom is -0.310 e. The minimum atomic E-state index is -0.588. The molecule has 0 saturated carbocycles. The first-order valence-electron chi connectivity index (χ1n) is 25.1. The van der Waals surface area contributed by atoms with Gasteiger partial charge in [0.15, 0.2) is 0 Å². The molecule has 0 aliphatic heterocycles. The normalized spacial score (nSPS) is 14.8. The van der Waals surface area contributed by atoms with Crippen molar-refractivity contribution in [3.8, 4) is 22.3 Å². The van der Waals surface area contributed by atoms with Crippen LogP contribution in [0.25, 0.3) is 43.8 Å². The van der Waals surface area contributed by atoms with Crippen molar-refractivity contribution in [2.75, 3.05) is 9.80 Å². The second-order valence-electron chi connectivity index (χ2n) is 20.8. The van der Waals surface area contributed by atoms with Gasteiger partial charge in [-0.3, -0.25) is 0 Å². The molecular formula is C69H52N2. The molecule has 0 unspecified atom stereocenters. The molecule has 0 fully saturated rings. The van der Waals surface area contributed by atoms with E-state index in [0.717, 1.165) is 28.4 Å². The number of rotatable bonds is 6. The molecule has 0 radical (unpaired) electrons. The molecule has 0 atom stereocenters. The highest BCUT2D eigenvalue weighted by Gasteiger charge is 2.56. The molecule has 0 amide bonds. The summed E-state index contributed by atoms with van der Waals surface area (Å²) >= 11 is 0. The van der Waals surface area contributed by atoms with Crippen LogP contribution in [0.1, 0.15) is 72.2 Å². The molecular weight excluding hydrogens is 857 g/mol. The van der Waals surface area contributed by atoms with E-state index in [1.54, 1.807) is 0 Å². The molecule has 11 aromatic rings. The van der Waals surface area contributed by atoms with Gasteiger partial charge in [0, 0.05) is 44.5 Å². The standard InChI is InChI=1S/C69H52N2/c1-67(2)56-33-17-19-35-58(56)69(59-36-20-18-34-57(59)67)55-32-16-15-31-53(55)64-61(69)44-63(71(49-28-9-6-10-29-49)62-37-21-25-46-23-13-14-30-52(46)62)65-54-41-40-51(43-60(54)68(3,4)66(64)65)70(48-26-7-5-8-27-48)50-39-38-45-22-11-12-24-47(45)42-50/h5-44H,1-4H3.